The molecule has 2 aliphatic rings. The molecule has 6 nitrogen and oxygen atoms in total. The van der Waals surface area contributed by atoms with Gasteiger partial charge in [0, 0.05) is 32.0 Å². The zero-order chi connectivity index (χ0) is 18.3. The molecule has 2 aromatic rings. The predicted molar refractivity (Wildman–Crippen MR) is 101 cm³/mol. The molecule has 26 heavy (non-hydrogen) atoms. The molecule has 1 aliphatic carbocycles. The lowest BCUT2D eigenvalue weighted by molar-refractivity contribution is -0.133. The molecule has 3 unspecified atom stereocenters. The number of ether oxygens (including phenoxy) is 1. The molecular weight excluding hydrogens is 348 g/mol. The second-order valence-electron chi connectivity index (χ2n) is 7.26. The van der Waals surface area contributed by atoms with Gasteiger partial charge in [-0.3, -0.25) is 9.89 Å². The zero-order valence-electron chi connectivity index (χ0n) is 15.1. The average Bonchev–Trinajstić information content (AvgIpc) is 3.41. The molecule has 0 spiro atoms. The normalized spacial score (nSPS) is 25.2. The molecule has 1 aliphatic heterocycles. The summed E-state index contributed by atoms with van der Waals surface area (Å²) >= 11 is 5.22. The quantitative estimate of drug-likeness (QED) is 0.838. The van der Waals surface area contributed by atoms with Gasteiger partial charge in [-0.05, 0) is 49.0 Å². The number of aromatic amines is 1. The molecule has 1 saturated carbocycles. The first-order valence-corrected chi connectivity index (χ1v) is 9.54. The van der Waals surface area contributed by atoms with Gasteiger partial charge >= 0.3 is 0 Å². The second kappa shape index (κ2) is 6.87. The SMILES string of the molecule is COc1ccccc1C1CC1C(=O)N1CCCC(c2n[nH]c(=S)n2C)C1. The van der Waals surface area contributed by atoms with E-state index in [1.165, 1.54) is 0 Å². The summed E-state index contributed by atoms with van der Waals surface area (Å²) in [4.78, 5) is 15.1. The van der Waals surface area contributed by atoms with Gasteiger partial charge in [0.05, 0.1) is 7.11 Å². The second-order valence-corrected chi connectivity index (χ2v) is 7.65. The fourth-order valence-corrected chi connectivity index (χ4v) is 4.27. The van der Waals surface area contributed by atoms with Crippen molar-refractivity contribution in [3.63, 3.8) is 0 Å². The zero-order valence-corrected chi connectivity index (χ0v) is 16.0. The first kappa shape index (κ1) is 17.3. The number of carbonyl (C=O) groups is 1. The Morgan fingerprint density at radius 3 is 2.92 bits per heavy atom. The summed E-state index contributed by atoms with van der Waals surface area (Å²) in [5.74, 6) is 2.69. The highest BCUT2D eigenvalue weighted by molar-refractivity contribution is 7.71. The number of amides is 1. The Balaban J connectivity index is 1.46. The Hall–Kier alpha value is -2.15. The van der Waals surface area contributed by atoms with Crippen LogP contribution in [0, 0.1) is 10.7 Å². The van der Waals surface area contributed by atoms with Gasteiger partial charge in [-0.2, -0.15) is 5.10 Å². The largest absolute Gasteiger partial charge is 0.496 e. The Morgan fingerprint density at radius 2 is 2.19 bits per heavy atom. The van der Waals surface area contributed by atoms with Gasteiger partial charge in [0.25, 0.3) is 0 Å². The fraction of sp³-hybridized carbons (Fsp3) is 0.526. The fourth-order valence-electron chi connectivity index (χ4n) is 4.13. The Kier molecular flexibility index (Phi) is 4.56. The van der Waals surface area contributed by atoms with E-state index in [4.69, 9.17) is 17.0 Å². The van der Waals surface area contributed by atoms with Crippen molar-refractivity contribution in [2.45, 2.75) is 31.1 Å². The predicted octanol–water partition coefficient (Wildman–Crippen LogP) is 3.00. The summed E-state index contributed by atoms with van der Waals surface area (Å²) in [5, 5.41) is 7.22. The molecule has 0 bridgehead atoms. The van der Waals surface area contributed by atoms with Gasteiger partial charge in [-0.15, -0.1) is 0 Å². The number of hydrogen-bond donors (Lipinski definition) is 1. The molecule has 138 valence electrons. The number of piperidine rings is 1. The van der Waals surface area contributed by atoms with E-state index in [1.807, 2.05) is 34.7 Å². The highest BCUT2D eigenvalue weighted by Crippen LogP contribution is 2.51. The maximum absolute atomic E-state index is 13.0. The van der Waals surface area contributed by atoms with Crippen LogP contribution in [0.15, 0.2) is 24.3 Å². The molecule has 2 fully saturated rings. The van der Waals surface area contributed by atoms with E-state index in [0.29, 0.717) is 4.77 Å². The van der Waals surface area contributed by atoms with Crippen LogP contribution in [0.4, 0.5) is 0 Å². The van der Waals surface area contributed by atoms with Crippen LogP contribution in [0.3, 0.4) is 0 Å². The maximum Gasteiger partial charge on any atom is 0.226 e. The van der Waals surface area contributed by atoms with Gasteiger partial charge in [0.15, 0.2) is 4.77 Å². The number of methoxy groups -OCH3 is 1. The summed E-state index contributed by atoms with van der Waals surface area (Å²) in [6, 6.07) is 8.02. The minimum atomic E-state index is 0.0764. The highest BCUT2D eigenvalue weighted by Gasteiger charge is 2.47. The number of aromatic nitrogens is 3. The Bertz CT molecular complexity index is 874. The van der Waals surface area contributed by atoms with Crippen molar-refractivity contribution in [2.24, 2.45) is 13.0 Å². The van der Waals surface area contributed by atoms with Crippen LogP contribution in [-0.2, 0) is 11.8 Å². The minimum absolute atomic E-state index is 0.0764. The van der Waals surface area contributed by atoms with Crippen LogP contribution in [0.25, 0.3) is 0 Å². The van der Waals surface area contributed by atoms with E-state index in [1.54, 1.807) is 7.11 Å². The molecule has 1 amide bonds. The third-order valence-corrected chi connectivity index (χ3v) is 6.02. The molecule has 2 heterocycles. The summed E-state index contributed by atoms with van der Waals surface area (Å²) in [5.41, 5.74) is 1.15. The van der Waals surface area contributed by atoms with Gasteiger partial charge in [0.2, 0.25) is 5.91 Å². The standard InChI is InChI=1S/C19H24N4O2S/c1-22-17(20-21-19(22)26)12-6-5-9-23(11-12)18(24)15-10-14(15)13-7-3-4-8-16(13)25-2/h3-4,7-8,12,14-15H,5-6,9-11H2,1-2H3,(H,21,26). The molecule has 0 radical (unpaired) electrons. The van der Waals surface area contributed by atoms with Crippen molar-refractivity contribution < 1.29 is 9.53 Å². The van der Waals surface area contributed by atoms with E-state index < -0.39 is 0 Å². The van der Waals surface area contributed by atoms with Crippen LogP contribution < -0.4 is 4.74 Å². The maximum atomic E-state index is 13.0. The number of nitrogens with zero attached hydrogens (tertiary/aromatic N) is 3. The molecule has 4 rings (SSSR count). The number of H-pyrrole nitrogens is 1. The summed E-state index contributed by atoms with van der Waals surface area (Å²) in [7, 11) is 3.62. The van der Waals surface area contributed by atoms with Crippen LogP contribution in [0.1, 0.15) is 42.5 Å². The van der Waals surface area contributed by atoms with E-state index >= 15 is 0 Å². The number of carbonyl (C=O) groups excluding carboxylic acids is 1. The van der Waals surface area contributed by atoms with E-state index in [0.717, 1.165) is 49.5 Å². The molecule has 1 saturated heterocycles. The van der Waals surface area contributed by atoms with Crippen LogP contribution in [0.5, 0.6) is 5.75 Å². The van der Waals surface area contributed by atoms with Crippen LogP contribution in [-0.4, -0.2) is 45.8 Å². The number of para-hydroxylation sites is 1. The Labute approximate surface area is 158 Å². The van der Waals surface area contributed by atoms with Crippen molar-refractivity contribution in [3.8, 4) is 5.75 Å². The van der Waals surface area contributed by atoms with Crippen molar-refractivity contribution in [3.05, 3.63) is 40.4 Å². The van der Waals surface area contributed by atoms with Crippen LogP contribution in [0.2, 0.25) is 0 Å². The third kappa shape index (κ3) is 3.05. The van der Waals surface area contributed by atoms with Gasteiger partial charge in [0.1, 0.15) is 11.6 Å². The van der Waals surface area contributed by atoms with Crippen molar-refractivity contribution in [2.75, 3.05) is 20.2 Å². The highest BCUT2D eigenvalue weighted by atomic mass is 32.1. The summed E-state index contributed by atoms with van der Waals surface area (Å²) in [6.07, 6.45) is 2.95. The van der Waals surface area contributed by atoms with Crippen molar-refractivity contribution in [1.82, 2.24) is 19.7 Å². The van der Waals surface area contributed by atoms with Crippen molar-refractivity contribution >= 4 is 18.1 Å². The summed E-state index contributed by atoms with van der Waals surface area (Å²) < 4.78 is 8.01. The topological polar surface area (TPSA) is 63.1 Å². The lowest BCUT2D eigenvalue weighted by Crippen LogP contribution is -2.40. The number of likely N-dealkylation sites (tertiary alicyclic amines) is 1. The Morgan fingerprint density at radius 1 is 1.38 bits per heavy atom. The molecule has 3 atom stereocenters. The lowest BCUT2D eigenvalue weighted by Gasteiger charge is -2.32. The minimum Gasteiger partial charge on any atom is -0.496 e. The lowest BCUT2D eigenvalue weighted by atomic mass is 9.96. The summed E-state index contributed by atoms with van der Waals surface area (Å²) in [6.45, 7) is 1.56. The number of rotatable bonds is 4. The van der Waals surface area contributed by atoms with Gasteiger partial charge < -0.3 is 14.2 Å². The number of nitrogens with one attached hydrogen (secondary N) is 1. The molecule has 1 N–H and O–H groups in total. The number of benzene rings is 1. The van der Waals surface area contributed by atoms with E-state index in [2.05, 4.69) is 16.3 Å². The molecule has 1 aromatic heterocycles. The molecule has 7 heteroatoms. The third-order valence-electron chi connectivity index (χ3n) is 5.66. The monoisotopic (exact) mass is 372 g/mol. The molecular formula is C19H24N4O2S. The van der Waals surface area contributed by atoms with Crippen molar-refractivity contribution in [1.29, 1.82) is 0 Å². The van der Waals surface area contributed by atoms with E-state index in [9.17, 15) is 4.79 Å². The molecule has 1 aromatic carbocycles. The first-order chi connectivity index (χ1) is 12.6. The number of hydrogen-bond acceptors (Lipinski definition) is 4. The smallest absolute Gasteiger partial charge is 0.226 e. The van der Waals surface area contributed by atoms with E-state index in [-0.39, 0.29) is 23.7 Å². The van der Waals surface area contributed by atoms with Gasteiger partial charge in [-0.25, -0.2) is 0 Å². The van der Waals surface area contributed by atoms with Crippen LogP contribution >= 0.6 is 12.2 Å². The first-order valence-electron chi connectivity index (χ1n) is 9.13. The van der Waals surface area contributed by atoms with Gasteiger partial charge in [-0.1, -0.05) is 18.2 Å². The average molecular weight is 372 g/mol.